The molecule has 176 valence electrons. The molecule has 3 heterocycles. The zero-order valence-corrected chi connectivity index (χ0v) is 19.9. The van der Waals surface area contributed by atoms with E-state index in [0.29, 0.717) is 35.0 Å². The van der Waals surface area contributed by atoms with Crippen molar-refractivity contribution in [2.24, 2.45) is 17.8 Å². The summed E-state index contributed by atoms with van der Waals surface area (Å²) in [5.74, 6) is 2.60. The van der Waals surface area contributed by atoms with Gasteiger partial charge in [-0.2, -0.15) is 22.9 Å². The van der Waals surface area contributed by atoms with E-state index in [-0.39, 0.29) is 6.04 Å². The van der Waals surface area contributed by atoms with E-state index in [0.717, 1.165) is 26.1 Å². The molecule has 5 atom stereocenters. The first kappa shape index (κ1) is 20.3. The Morgan fingerprint density at radius 1 is 1.12 bits per heavy atom. The van der Waals surface area contributed by atoms with Crippen molar-refractivity contribution >= 4 is 43.5 Å². The number of hydrogen-bond acceptors (Lipinski definition) is 6. The molecule has 10 heteroatoms. The van der Waals surface area contributed by atoms with Gasteiger partial charge in [-0.3, -0.25) is 5.10 Å². The Morgan fingerprint density at radius 2 is 1.94 bits per heavy atom. The fourth-order valence-electron chi connectivity index (χ4n) is 6.98. The van der Waals surface area contributed by atoms with Crippen LogP contribution < -0.4 is 11.1 Å². The fourth-order valence-corrected chi connectivity index (χ4v) is 7.87. The number of nitrogen functional groups attached to an aromatic ring is 1. The highest BCUT2D eigenvalue weighted by Crippen LogP contribution is 2.64. The Balaban J connectivity index is 1.41. The van der Waals surface area contributed by atoms with Gasteiger partial charge in [0, 0.05) is 30.6 Å². The van der Waals surface area contributed by atoms with Gasteiger partial charge in [-0.1, -0.05) is 6.07 Å². The predicted molar refractivity (Wildman–Crippen MR) is 132 cm³/mol. The summed E-state index contributed by atoms with van der Waals surface area (Å²) in [6, 6.07) is 10.5. The molecule has 2 bridgehead atoms. The zero-order valence-electron chi connectivity index (χ0n) is 19.1. The molecule has 9 nitrogen and oxygen atoms in total. The normalized spacial score (nSPS) is 27.9. The first-order valence-corrected chi connectivity index (χ1v) is 13.2. The summed E-state index contributed by atoms with van der Waals surface area (Å²) in [6.45, 7) is 0. The van der Waals surface area contributed by atoms with Gasteiger partial charge in [0.15, 0.2) is 5.82 Å². The second-order valence-corrected chi connectivity index (χ2v) is 12.2. The Hall–Kier alpha value is -3.11. The summed E-state index contributed by atoms with van der Waals surface area (Å²) >= 11 is 0. The molecule has 4 N–H and O–H groups in total. The lowest BCUT2D eigenvalue weighted by Gasteiger charge is -2.43. The maximum absolute atomic E-state index is 12.9. The third kappa shape index (κ3) is 2.55. The third-order valence-electron chi connectivity index (χ3n) is 8.43. The maximum atomic E-state index is 12.9. The van der Waals surface area contributed by atoms with E-state index in [1.807, 2.05) is 12.1 Å². The number of H-pyrrole nitrogens is 1. The van der Waals surface area contributed by atoms with Gasteiger partial charge in [-0.05, 0) is 78.3 Å². The van der Waals surface area contributed by atoms with Crippen LogP contribution in [-0.2, 0) is 10.2 Å². The van der Waals surface area contributed by atoms with Crippen LogP contribution in [0, 0.1) is 17.8 Å². The second-order valence-electron chi connectivity index (χ2n) is 10.2. The molecule has 1 aliphatic heterocycles. The maximum Gasteiger partial charge on any atom is 0.322 e. The summed E-state index contributed by atoms with van der Waals surface area (Å²) in [4.78, 5) is 0. The lowest BCUT2D eigenvalue weighted by atomic mass is 9.67. The van der Waals surface area contributed by atoms with E-state index >= 15 is 0 Å². The largest absolute Gasteiger partial charge is 0.382 e. The molecule has 0 spiro atoms. The Morgan fingerprint density at radius 3 is 2.76 bits per heavy atom. The summed E-state index contributed by atoms with van der Waals surface area (Å²) < 4.78 is 28.1. The third-order valence-corrected chi connectivity index (χ3v) is 10.1. The molecule has 34 heavy (non-hydrogen) atoms. The Labute approximate surface area is 197 Å². The SMILES string of the molecule is CN(C)S(=O)(=O)n1ncc2c3c(ccc21)NC(c1ccc2[nH]nc(N)c2c1)[C@@H]1C2CCC(C2)C31. The molecule has 3 aliphatic rings. The van der Waals surface area contributed by atoms with Crippen LogP contribution in [0.3, 0.4) is 0 Å². The van der Waals surface area contributed by atoms with E-state index in [1.165, 1.54) is 48.8 Å². The first-order chi connectivity index (χ1) is 16.3. The minimum atomic E-state index is -3.69. The first-order valence-electron chi connectivity index (χ1n) is 11.8. The minimum Gasteiger partial charge on any atom is -0.382 e. The molecule has 2 aromatic carbocycles. The predicted octanol–water partition coefficient (Wildman–Crippen LogP) is 3.45. The standard InChI is InChI=1S/C24H27N7O2S/c1-30(2)34(32,33)31-19-8-7-18-22(16(19)11-26-31)20-12-3-4-13(9-12)21(20)23(27-18)14-5-6-17-15(10-14)24(25)29-28-17/h5-8,10-13,20-21,23,27H,3-4,9H2,1-2H3,(H3,25,28,29)/t12?,13?,20?,21-,23?/m1/s1. The van der Waals surface area contributed by atoms with E-state index < -0.39 is 10.2 Å². The van der Waals surface area contributed by atoms with E-state index in [1.54, 1.807) is 6.20 Å². The van der Waals surface area contributed by atoms with Crippen LogP contribution in [-0.4, -0.2) is 46.2 Å². The average Bonchev–Trinajstić information content (AvgIpc) is 3.61. The molecular formula is C24H27N7O2S. The number of anilines is 2. The van der Waals surface area contributed by atoms with Crippen molar-refractivity contribution in [1.82, 2.24) is 23.7 Å². The number of rotatable bonds is 3. The molecule has 2 aromatic heterocycles. The molecule has 7 rings (SSSR count). The zero-order chi connectivity index (χ0) is 23.4. The quantitative estimate of drug-likeness (QED) is 0.415. The topological polar surface area (TPSA) is 122 Å². The number of benzene rings is 2. The summed E-state index contributed by atoms with van der Waals surface area (Å²) in [5.41, 5.74) is 11.2. The number of aromatic nitrogens is 4. The molecule has 2 fully saturated rings. The van der Waals surface area contributed by atoms with Crippen LogP contribution in [0.5, 0.6) is 0 Å². The number of aromatic amines is 1. The van der Waals surface area contributed by atoms with Crippen molar-refractivity contribution in [2.45, 2.75) is 31.2 Å². The monoisotopic (exact) mass is 477 g/mol. The van der Waals surface area contributed by atoms with Crippen LogP contribution in [0.25, 0.3) is 21.8 Å². The van der Waals surface area contributed by atoms with Gasteiger partial charge in [-0.15, -0.1) is 4.09 Å². The second kappa shape index (κ2) is 6.73. The Kier molecular flexibility index (Phi) is 4.01. The van der Waals surface area contributed by atoms with Crippen LogP contribution >= 0.6 is 0 Å². The van der Waals surface area contributed by atoms with Gasteiger partial charge in [0.05, 0.1) is 23.3 Å². The van der Waals surface area contributed by atoms with Crippen LogP contribution in [0.1, 0.15) is 42.3 Å². The van der Waals surface area contributed by atoms with Gasteiger partial charge in [0.2, 0.25) is 0 Å². The van der Waals surface area contributed by atoms with Crippen molar-refractivity contribution in [1.29, 1.82) is 0 Å². The van der Waals surface area contributed by atoms with Gasteiger partial charge < -0.3 is 11.1 Å². The van der Waals surface area contributed by atoms with Crippen molar-refractivity contribution in [3.8, 4) is 0 Å². The molecule has 4 aromatic rings. The van der Waals surface area contributed by atoms with Crippen LogP contribution in [0.2, 0.25) is 0 Å². The molecule has 0 radical (unpaired) electrons. The van der Waals surface area contributed by atoms with Gasteiger partial charge in [0.25, 0.3) is 0 Å². The smallest absolute Gasteiger partial charge is 0.322 e. The average molecular weight is 478 g/mol. The molecule has 2 saturated carbocycles. The van der Waals surface area contributed by atoms with E-state index in [4.69, 9.17) is 5.73 Å². The van der Waals surface area contributed by atoms with Crippen LogP contribution in [0.15, 0.2) is 36.5 Å². The van der Waals surface area contributed by atoms with Crippen LogP contribution in [0.4, 0.5) is 11.5 Å². The molecule has 4 unspecified atom stereocenters. The number of nitrogens with one attached hydrogen (secondary N) is 2. The minimum absolute atomic E-state index is 0.171. The highest BCUT2D eigenvalue weighted by atomic mass is 32.2. The number of nitrogens with zero attached hydrogens (tertiary/aromatic N) is 4. The molecule has 2 aliphatic carbocycles. The van der Waals surface area contributed by atoms with E-state index in [9.17, 15) is 8.42 Å². The summed E-state index contributed by atoms with van der Waals surface area (Å²) in [5, 5.41) is 17.2. The summed E-state index contributed by atoms with van der Waals surface area (Å²) in [7, 11) is -0.633. The summed E-state index contributed by atoms with van der Waals surface area (Å²) in [6.07, 6.45) is 5.44. The lowest BCUT2D eigenvalue weighted by Crippen LogP contribution is -2.35. The number of fused-ring (bicyclic) bond motifs is 10. The number of nitrogens with two attached hydrogens (primary N) is 1. The van der Waals surface area contributed by atoms with Crippen molar-refractivity contribution < 1.29 is 8.42 Å². The van der Waals surface area contributed by atoms with Crippen molar-refractivity contribution in [3.05, 3.63) is 47.7 Å². The highest BCUT2D eigenvalue weighted by Gasteiger charge is 2.54. The lowest BCUT2D eigenvalue weighted by molar-refractivity contribution is 0.249. The molecule has 0 saturated heterocycles. The van der Waals surface area contributed by atoms with E-state index in [2.05, 4.69) is 38.8 Å². The fraction of sp³-hybridized carbons (Fsp3) is 0.417. The van der Waals surface area contributed by atoms with Gasteiger partial charge >= 0.3 is 10.2 Å². The molecular weight excluding hydrogens is 450 g/mol. The van der Waals surface area contributed by atoms with Crippen molar-refractivity contribution in [2.75, 3.05) is 25.1 Å². The highest BCUT2D eigenvalue weighted by molar-refractivity contribution is 7.87. The molecule has 0 amide bonds. The Bertz CT molecular complexity index is 1570. The van der Waals surface area contributed by atoms with Crippen molar-refractivity contribution in [3.63, 3.8) is 0 Å². The number of hydrogen-bond donors (Lipinski definition) is 3. The van der Waals surface area contributed by atoms with Gasteiger partial charge in [0.1, 0.15) is 0 Å². The van der Waals surface area contributed by atoms with Gasteiger partial charge in [-0.25, -0.2) is 0 Å².